The third-order valence-corrected chi connectivity index (χ3v) is 3.86. The van der Waals surface area contributed by atoms with Gasteiger partial charge in [0.1, 0.15) is 5.75 Å². The smallest absolute Gasteiger partial charge is 0.142 e. The van der Waals surface area contributed by atoms with Crippen LogP contribution >= 0.6 is 0 Å². The number of hydrogen-bond acceptors (Lipinski definition) is 4. The van der Waals surface area contributed by atoms with Crippen LogP contribution < -0.4 is 9.64 Å². The van der Waals surface area contributed by atoms with Gasteiger partial charge in [0.2, 0.25) is 0 Å². The summed E-state index contributed by atoms with van der Waals surface area (Å²) in [6.45, 7) is 1.66. The second kappa shape index (κ2) is 5.79. The summed E-state index contributed by atoms with van der Waals surface area (Å²) in [6, 6.07) is 8.01. The highest BCUT2D eigenvalue weighted by Gasteiger charge is 2.25. The Labute approximate surface area is 124 Å². The van der Waals surface area contributed by atoms with Crippen LogP contribution in [0.1, 0.15) is 12.0 Å². The lowest BCUT2D eigenvalue weighted by Crippen LogP contribution is -2.31. The van der Waals surface area contributed by atoms with Crippen molar-refractivity contribution in [1.82, 2.24) is 4.57 Å². The van der Waals surface area contributed by atoms with E-state index in [4.69, 9.17) is 9.84 Å². The highest BCUT2D eigenvalue weighted by Crippen LogP contribution is 2.42. The van der Waals surface area contributed by atoms with Gasteiger partial charge in [-0.25, -0.2) is 0 Å². The van der Waals surface area contributed by atoms with Crippen LogP contribution in [0.4, 0.5) is 5.69 Å². The third-order valence-electron chi connectivity index (χ3n) is 3.86. The van der Waals surface area contributed by atoms with Gasteiger partial charge >= 0.3 is 0 Å². The van der Waals surface area contributed by atoms with E-state index < -0.39 is 0 Å². The molecule has 0 fully saturated rings. The normalized spacial score (nSPS) is 13.0. The Morgan fingerprint density at radius 2 is 2.14 bits per heavy atom. The van der Waals surface area contributed by atoms with E-state index in [1.807, 2.05) is 24.4 Å². The summed E-state index contributed by atoms with van der Waals surface area (Å²) in [7, 11) is 1.67. The van der Waals surface area contributed by atoms with E-state index in [9.17, 15) is 5.11 Å². The molecule has 0 radical (unpaired) electrons. The molecule has 0 bridgehead atoms. The van der Waals surface area contributed by atoms with Crippen molar-refractivity contribution in [3.8, 4) is 17.0 Å². The molecular formula is C16H20N2O3. The SMILES string of the molecule is COc1cccc2c1N(CCCO)Cn1cc(CO)cc1-2. The summed E-state index contributed by atoms with van der Waals surface area (Å²) in [5, 5.41) is 18.5. The molecule has 112 valence electrons. The van der Waals surface area contributed by atoms with Crippen LogP contribution in [0.25, 0.3) is 11.3 Å². The Kier molecular flexibility index (Phi) is 3.86. The van der Waals surface area contributed by atoms with Crippen LogP contribution in [0.2, 0.25) is 0 Å². The molecule has 5 nitrogen and oxygen atoms in total. The van der Waals surface area contributed by atoms with E-state index in [-0.39, 0.29) is 13.2 Å². The molecule has 1 aromatic heterocycles. The third kappa shape index (κ3) is 2.39. The average Bonchev–Trinajstić information content (AvgIpc) is 2.95. The van der Waals surface area contributed by atoms with Crippen LogP contribution in [0, 0.1) is 0 Å². The average molecular weight is 288 g/mol. The van der Waals surface area contributed by atoms with Crippen LogP contribution in [-0.4, -0.2) is 35.0 Å². The van der Waals surface area contributed by atoms with Crippen molar-refractivity contribution in [3.05, 3.63) is 36.0 Å². The number of aliphatic hydroxyl groups excluding tert-OH is 2. The minimum Gasteiger partial charge on any atom is -0.495 e. The molecule has 0 saturated heterocycles. The first-order chi connectivity index (χ1) is 10.3. The van der Waals surface area contributed by atoms with Crippen molar-refractivity contribution in [2.75, 3.05) is 25.2 Å². The van der Waals surface area contributed by atoms with Crippen molar-refractivity contribution in [2.24, 2.45) is 0 Å². The predicted octanol–water partition coefficient (Wildman–Crippen LogP) is 1.82. The molecule has 3 rings (SSSR count). The lowest BCUT2D eigenvalue weighted by Gasteiger charge is -2.34. The van der Waals surface area contributed by atoms with Crippen molar-refractivity contribution < 1.29 is 14.9 Å². The quantitative estimate of drug-likeness (QED) is 0.881. The molecule has 0 amide bonds. The lowest BCUT2D eigenvalue weighted by atomic mass is 10.1. The second-order valence-corrected chi connectivity index (χ2v) is 5.20. The number of anilines is 1. The van der Waals surface area contributed by atoms with Gasteiger partial charge < -0.3 is 24.4 Å². The molecule has 1 aliphatic heterocycles. The van der Waals surface area contributed by atoms with Gasteiger partial charge in [-0.05, 0) is 24.1 Å². The maximum absolute atomic E-state index is 9.36. The van der Waals surface area contributed by atoms with Crippen LogP contribution in [0.15, 0.2) is 30.5 Å². The Morgan fingerprint density at radius 1 is 1.29 bits per heavy atom. The molecule has 0 saturated carbocycles. The second-order valence-electron chi connectivity index (χ2n) is 5.20. The van der Waals surface area contributed by atoms with Crippen LogP contribution in [0.3, 0.4) is 0 Å². The van der Waals surface area contributed by atoms with Crippen molar-refractivity contribution >= 4 is 5.69 Å². The van der Waals surface area contributed by atoms with E-state index in [1.54, 1.807) is 7.11 Å². The monoisotopic (exact) mass is 288 g/mol. The van der Waals surface area contributed by atoms with E-state index in [0.29, 0.717) is 13.1 Å². The summed E-state index contributed by atoms with van der Waals surface area (Å²) < 4.78 is 7.64. The molecule has 1 aromatic carbocycles. The number of fused-ring (bicyclic) bond motifs is 3. The molecule has 0 spiro atoms. The van der Waals surface area contributed by atoms with Gasteiger partial charge in [0.15, 0.2) is 0 Å². The number of nitrogens with zero attached hydrogens (tertiary/aromatic N) is 2. The fraction of sp³-hybridized carbons (Fsp3) is 0.375. The largest absolute Gasteiger partial charge is 0.495 e. The number of aliphatic hydroxyl groups is 2. The fourth-order valence-electron chi connectivity index (χ4n) is 2.92. The van der Waals surface area contributed by atoms with Crippen molar-refractivity contribution in [1.29, 1.82) is 0 Å². The van der Waals surface area contributed by atoms with Gasteiger partial charge in [0, 0.05) is 24.9 Å². The van der Waals surface area contributed by atoms with E-state index in [0.717, 1.165) is 34.8 Å². The Balaban J connectivity index is 2.11. The molecule has 2 heterocycles. The Hall–Kier alpha value is -1.98. The van der Waals surface area contributed by atoms with E-state index in [1.165, 1.54) is 0 Å². The number of rotatable bonds is 5. The maximum atomic E-state index is 9.36. The number of para-hydroxylation sites is 1. The lowest BCUT2D eigenvalue weighted by molar-refractivity contribution is 0.281. The van der Waals surface area contributed by atoms with Crippen LogP contribution in [-0.2, 0) is 13.3 Å². The van der Waals surface area contributed by atoms with Crippen molar-refractivity contribution in [2.45, 2.75) is 19.7 Å². The molecule has 0 unspecified atom stereocenters. The number of ether oxygens (including phenoxy) is 1. The van der Waals surface area contributed by atoms with Gasteiger partial charge in [0.05, 0.1) is 31.8 Å². The number of benzene rings is 1. The van der Waals surface area contributed by atoms with Crippen LogP contribution in [0.5, 0.6) is 5.75 Å². The molecule has 2 aromatic rings. The molecule has 0 aliphatic carbocycles. The van der Waals surface area contributed by atoms with E-state index >= 15 is 0 Å². The van der Waals surface area contributed by atoms with Gasteiger partial charge in [-0.15, -0.1) is 0 Å². The molecular weight excluding hydrogens is 268 g/mol. The van der Waals surface area contributed by atoms with Gasteiger partial charge in [0.25, 0.3) is 0 Å². The first-order valence-electron chi connectivity index (χ1n) is 7.11. The first kappa shape index (κ1) is 14.0. The van der Waals surface area contributed by atoms with Gasteiger partial charge in [-0.1, -0.05) is 12.1 Å². The summed E-state index contributed by atoms with van der Waals surface area (Å²) in [5.74, 6) is 0.837. The molecule has 0 atom stereocenters. The zero-order valence-corrected chi connectivity index (χ0v) is 12.1. The van der Waals surface area contributed by atoms with E-state index in [2.05, 4.69) is 15.5 Å². The summed E-state index contributed by atoms with van der Waals surface area (Å²) >= 11 is 0. The fourth-order valence-corrected chi connectivity index (χ4v) is 2.92. The van der Waals surface area contributed by atoms with Gasteiger partial charge in [-0.3, -0.25) is 0 Å². The van der Waals surface area contributed by atoms with Gasteiger partial charge in [-0.2, -0.15) is 0 Å². The minimum absolute atomic E-state index is 0.0376. The number of methoxy groups -OCH3 is 1. The zero-order chi connectivity index (χ0) is 14.8. The standard InChI is InChI=1S/C16H20N2O3/c1-21-15-5-2-4-13-14-8-12(10-20)9-18(14)11-17(16(13)15)6-3-7-19/h2,4-5,8-9,19-20H,3,6-7,10-11H2,1H3. The number of aromatic nitrogens is 1. The summed E-state index contributed by atoms with van der Waals surface area (Å²) in [6.07, 6.45) is 2.69. The summed E-state index contributed by atoms with van der Waals surface area (Å²) in [4.78, 5) is 2.21. The molecule has 2 N–H and O–H groups in total. The molecule has 21 heavy (non-hydrogen) atoms. The molecule has 5 heteroatoms. The highest BCUT2D eigenvalue weighted by atomic mass is 16.5. The zero-order valence-electron chi connectivity index (χ0n) is 12.1. The molecule has 1 aliphatic rings. The highest BCUT2D eigenvalue weighted by molar-refractivity contribution is 5.83. The maximum Gasteiger partial charge on any atom is 0.142 e. The predicted molar refractivity (Wildman–Crippen MR) is 81.4 cm³/mol. The summed E-state index contributed by atoms with van der Waals surface area (Å²) in [5.41, 5.74) is 4.15. The minimum atomic E-state index is 0.0376. The van der Waals surface area contributed by atoms with Crippen molar-refractivity contribution in [3.63, 3.8) is 0 Å². The topological polar surface area (TPSA) is 57.9 Å². The Morgan fingerprint density at radius 3 is 2.86 bits per heavy atom. The number of hydrogen-bond donors (Lipinski definition) is 2. The Bertz CT molecular complexity index is 636. The first-order valence-corrected chi connectivity index (χ1v) is 7.11.